The fourth-order valence-electron chi connectivity index (χ4n) is 3.15. The number of carbonyl (C=O) groups excluding carboxylic acids is 2. The molecule has 36 heavy (non-hydrogen) atoms. The normalized spacial score (nSPS) is 10.4. The predicted octanol–water partition coefficient (Wildman–Crippen LogP) is 4.48. The zero-order valence-corrected chi connectivity index (χ0v) is 19.2. The summed E-state index contributed by atoms with van der Waals surface area (Å²) in [6.07, 6.45) is 0.993. The largest absolute Gasteiger partial charge is 0.423 e. The lowest BCUT2D eigenvalue weighted by Crippen LogP contribution is -2.17. The van der Waals surface area contributed by atoms with Gasteiger partial charge in [-0.3, -0.25) is 9.63 Å². The fraction of sp³-hybridized carbons (Fsp3) is 0.0769. The highest BCUT2D eigenvalue weighted by atomic mass is 19.1. The Balaban J connectivity index is 1.38. The average Bonchev–Trinajstić information content (AvgIpc) is 2.91. The van der Waals surface area contributed by atoms with Crippen molar-refractivity contribution in [2.45, 2.75) is 6.61 Å². The highest BCUT2D eigenvalue weighted by molar-refractivity contribution is 5.94. The molecule has 0 fully saturated rings. The van der Waals surface area contributed by atoms with Crippen LogP contribution in [0.5, 0.6) is 5.75 Å². The van der Waals surface area contributed by atoms with E-state index in [4.69, 9.17) is 9.57 Å². The average molecular weight is 487 g/mol. The van der Waals surface area contributed by atoms with Gasteiger partial charge >= 0.3 is 5.97 Å². The summed E-state index contributed by atoms with van der Waals surface area (Å²) in [5, 5.41) is 5.40. The Morgan fingerprint density at radius 1 is 0.944 bits per heavy atom. The maximum absolute atomic E-state index is 14.3. The third-order valence-electron chi connectivity index (χ3n) is 4.88. The van der Waals surface area contributed by atoms with E-state index >= 15 is 0 Å². The van der Waals surface area contributed by atoms with E-state index in [2.05, 4.69) is 26.1 Å². The molecule has 0 bridgehead atoms. The molecule has 4 aromatic rings. The molecule has 0 aliphatic heterocycles. The first kappa shape index (κ1) is 24.3. The van der Waals surface area contributed by atoms with E-state index in [9.17, 15) is 14.0 Å². The van der Waals surface area contributed by atoms with Gasteiger partial charge in [-0.25, -0.2) is 19.6 Å². The quantitative estimate of drug-likeness (QED) is 0.180. The molecule has 10 heteroatoms. The van der Waals surface area contributed by atoms with Crippen molar-refractivity contribution >= 4 is 29.3 Å². The number of ether oxygens (including phenoxy) is 1. The molecule has 3 N–H and O–H groups in total. The topological polar surface area (TPSA) is 114 Å². The number of rotatable bonds is 9. The lowest BCUT2D eigenvalue weighted by molar-refractivity contribution is 0.0734. The summed E-state index contributed by atoms with van der Waals surface area (Å²) in [5.41, 5.74) is 4.67. The van der Waals surface area contributed by atoms with Gasteiger partial charge in [0.1, 0.15) is 5.75 Å². The van der Waals surface area contributed by atoms with Crippen molar-refractivity contribution in [1.29, 1.82) is 0 Å². The van der Waals surface area contributed by atoms with Crippen LogP contribution in [0.25, 0.3) is 0 Å². The van der Waals surface area contributed by atoms with Crippen LogP contribution in [-0.4, -0.2) is 28.9 Å². The van der Waals surface area contributed by atoms with Crippen molar-refractivity contribution in [2.24, 2.45) is 0 Å². The number of hydrogen-bond acceptors (Lipinski definition) is 8. The van der Waals surface area contributed by atoms with E-state index in [1.165, 1.54) is 0 Å². The van der Waals surface area contributed by atoms with Crippen LogP contribution in [0.3, 0.4) is 0 Å². The highest BCUT2D eigenvalue weighted by Gasteiger charge is 2.11. The number of esters is 1. The maximum atomic E-state index is 14.3. The third kappa shape index (κ3) is 6.39. The minimum atomic E-state index is -0.689. The molecule has 0 saturated heterocycles. The SMILES string of the molecule is CNC(=O)c1cccc(CONc2ncc(F)c(Nc3cccc(OC(=O)c4ccccc4)c3)n2)c1. The maximum Gasteiger partial charge on any atom is 0.343 e. The molecular weight excluding hydrogens is 465 g/mol. The smallest absolute Gasteiger partial charge is 0.343 e. The number of hydrogen-bond donors (Lipinski definition) is 3. The molecule has 182 valence electrons. The second kappa shape index (κ2) is 11.5. The van der Waals surface area contributed by atoms with Crippen LogP contribution in [0.15, 0.2) is 85.1 Å². The van der Waals surface area contributed by atoms with Gasteiger partial charge in [0.05, 0.1) is 18.4 Å². The number of carbonyl (C=O) groups is 2. The minimum absolute atomic E-state index is 0.0213. The molecule has 0 aliphatic rings. The van der Waals surface area contributed by atoms with Crippen LogP contribution in [0.4, 0.5) is 21.8 Å². The molecule has 0 aliphatic carbocycles. The second-order valence-corrected chi connectivity index (χ2v) is 7.47. The summed E-state index contributed by atoms with van der Waals surface area (Å²) in [7, 11) is 1.55. The Labute approximate surface area is 206 Å². The van der Waals surface area contributed by atoms with Crippen LogP contribution in [0, 0.1) is 5.82 Å². The molecule has 1 heterocycles. The summed E-state index contributed by atoms with van der Waals surface area (Å²) in [6, 6.07) is 22.0. The second-order valence-electron chi connectivity index (χ2n) is 7.47. The van der Waals surface area contributed by atoms with Crippen LogP contribution < -0.4 is 20.9 Å². The van der Waals surface area contributed by atoms with Crippen LogP contribution in [0.2, 0.25) is 0 Å². The molecule has 4 rings (SSSR count). The van der Waals surface area contributed by atoms with E-state index in [0.717, 1.165) is 11.8 Å². The number of nitrogens with one attached hydrogen (secondary N) is 3. The predicted molar refractivity (Wildman–Crippen MR) is 131 cm³/mol. The standard InChI is InChI=1S/C26H22FN5O4/c1-28-24(33)19-10-5-7-17(13-19)16-35-32-26-29-15-22(27)23(31-26)30-20-11-6-12-21(14-20)36-25(34)18-8-3-2-4-9-18/h2-15H,16H2,1H3,(H,28,33)(H2,29,30,31,32). The molecule has 0 atom stereocenters. The Morgan fingerprint density at radius 2 is 1.72 bits per heavy atom. The monoisotopic (exact) mass is 487 g/mol. The molecule has 1 aromatic heterocycles. The van der Waals surface area contributed by atoms with E-state index in [1.807, 2.05) is 0 Å². The summed E-state index contributed by atoms with van der Waals surface area (Å²) in [4.78, 5) is 37.4. The molecule has 0 unspecified atom stereocenters. The fourth-order valence-corrected chi connectivity index (χ4v) is 3.15. The van der Waals surface area contributed by atoms with Gasteiger partial charge in [0.25, 0.3) is 5.91 Å². The highest BCUT2D eigenvalue weighted by Crippen LogP contribution is 2.23. The third-order valence-corrected chi connectivity index (χ3v) is 4.88. The Kier molecular flexibility index (Phi) is 7.79. The van der Waals surface area contributed by atoms with E-state index in [-0.39, 0.29) is 30.0 Å². The molecule has 0 radical (unpaired) electrons. The van der Waals surface area contributed by atoms with Gasteiger partial charge in [-0.2, -0.15) is 4.98 Å². The minimum Gasteiger partial charge on any atom is -0.423 e. The number of nitrogens with zero attached hydrogens (tertiary/aromatic N) is 2. The van der Waals surface area contributed by atoms with Crippen LogP contribution in [0.1, 0.15) is 26.3 Å². The lowest BCUT2D eigenvalue weighted by Gasteiger charge is -2.11. The number of amides is 1. The zero-order chi connectivity index (χ0) is 25.3. The van der Waals surface area contributed by atoms with Crippen molar-refractivity contribution < 1.29 is 23.6 Å². The first-order valence-corrected chi connectivity index (χ1v) is 10.9. The van der Waals surface area contributed by atoms with Crippen molar-refractivity contribution in [1.82, 2.24) is 15.3 Å². The van der Waals surface area contributed by atoms with Crippen molar-refractivity contribution in [3.05, 3.63) is 108 Å². The van der Waals surface area contributed by atoms with Gasteiger partial charge in [0, 0.05) is 24.4 Å². The number of anilines is 3. The summed E-state index contributed by atoms with van der Waals surface area (Å²) in [5.74, 6) is -1.21. The Morgan fingerprint density at radius 3 is 2.53 bits per heavy atom. The van der Waals surface area contributed by atoms with E-state index in [1.54, 1.807) is 85.9 Å². The number of halogens is 1. The van der Waals surface area contributed by atoms with Crippen molar-refractivity contribution in [3.8, 4) is 5.75 Å². The number of aromatic nitrogens is 2. The van der Waals surface area contributed by atoms with Crippen molar-refractivity contribution in [2.75, 3.05) is 17.8 Å². The summed E-state index contributed by atoms with van der Waals surface area (Å²) in [6.45, 7) is 0.114. The first-order valence-electron chi connectivity index (χ1n) is 10.9. The summed E-state index contributed by atoms with van der Waals surface area (Å²) >= 11 is 0. The Bertz CT molecular complexity index is 1370. The number of benzene rings is 3. The molecule has 0 saturated carbocycles. The van der Waals surface area contributed by atoms with Gasteiger partial charge in [0.15, 0.2) is 11.6 Å². The molecule has 9 nitrogen and oxygen atoms in total. The van der Waals surface area contributed by atoms with Gasteiger partial charge in [-0.15, -0.1) is 0 Å². The lowest BCUT2D eigenvalue weighted by atomic mass is 10.1. The Hall–Kier alpha value is -4.83. The first-order chi connectivity index (χ1) is 17.5. The van der Waals surface area contributed by atoms with E-state index in [0.29, 0.717) is 16.8 Å². The van der Waals surface area contributed by atoms with Crippen LogP contribution in [-0.2, 0) is 11.4 Å². The van der Waals surface area contributed by atoms with Gasteiger partial charge in [-0.1, -0.05) is 36.4 Å². The van der Waals surface area contributed by atoms with E-state index < -0.39 is 11.8 Å². The van der Waals surface area contributed by atoms with Crippen LogP contribution >= 0.6 is 0 Å². The summed E-state index contributed by atoms with van der Waals surface area (Å²) < 4.78 is 19.7. The molecule has 3 aromatic carbocycles. The molecule has 0 spiro atoms. The molecule has 1 amide bonds. The van der Waals surface area contributed by atoms with Gasteiger partial charge in [0.2, 0.25) is 5.95 Å². The van der Waals surface area contributed by atoms with Crippen molar-refractivity contribution in [3.63, 3.8) is 0 Å². The van der Waals surface area contributed by atoms with Gasteiger partial charge < -0.3 is 15.4 Å². The van der Waals surface area contributed by atoms with Gasteiger partial charge in [-0.05, 0) is 42.0 Å². The zero-order valence-electron chi connectivity index (χ0n) is 19.2. The molecular formula is C26H22FN5O4.